The summed E-state index contributed by atoms with van der Waals surface area (Å²) >= 11 is 0. The molecule has 1 aromatic carbocycles. The van der Waals surface area contributed by atoms with Crippen molar-refractivity contribution in [2.24, 2.45) is 11.8 Å². The summed E-state index contributed by atoms with van der Waals surface area (Å²) in [6.45, 7) is 5.42. The number of carbonyl (C=O) groups is 1. The van der Waals surface area contributed by atoms with Gasteiger partial charge in [0.2, 0.25) is 5.91 Å². The van der Waals surface area contributed by atoms with Crippen LogP contribution in [0.3, 0.4) is 0 Å². The fraction of sp³-hybridized carbons (Fsp3) is 0.533. The molecule has 1 unspecified atom stereocenters. The van der Waals surface area contributed by atoms with E-state index >= 15 is 0 Å². The molecule has 1 aliphatic carbocycles. The summed E-state index contributed by atoms with van der Waals surface area (Å²) in [5.74, 6) is 1.10. The molecule has 3 heteroatoms. The lowest BCUT2D eigenvalue weighted by molar-refractivity contribution is -0.117. The van der Waals surface area contributed by atoms with Gasteiger partial charge in [0.1, 0.15) is 0 Å². The zero-order valence-electron chi connectivity index (χ0n) is 11.2. The zero-order valence-corrected chi connectivity index (χ0v) is 11.2. The Balaban J connectivity index is 1.82. The normalized spacial score (nSPS) is 16.1. The van der Waals surface area contributed by atoms with Gasteiger partial charge < -0.3 is 10.6 Å². The number of hydrogen-bond donors (Lipinski definition) is 2. The third-order valence-electron chi connectivity index (χ3n) is 3.45. The SMILES string of the molecule is CCC(C)CNc1ccc(NC(=O)C2CC2)cc1. The second kappa shape index (κ2) is 5.89. The second-order valence-electron chi connectivity index (χ2n) is 5.24. The van der Waals surface area contributed by atoms with Crippen molar-refractivity contribution in [3.8, 4) is 0 Å². The minimum atomic E-state index is 0.162. The van der Waals surface area contributed by atoms with E-state index < -0.39 is 0 Å². The number of amides is 1. The number of nitrogens with one attached hydrogen (secondary N) is 2. The van der Waals surface area contributed by atoms with Crippen LogP contribution in [0, 0.1) is 11.8 Å². The van der Waals surface area contributed by atoms with Crippen molar-refractivity contribution in [1.82, 2.24) is 0 Å². The van der Waals surface area contributed by atoms with Gasteiger partial charge in [-0.3, -0.25) is 4.79 Å². The van der Waals surface area contributed by atoms with E-state index in [-0.39, 0.29) is 11.8 Å². The highest BCUT2D eigenvalue weighted by Crippen LogP contribution is 2.30. The minimum Gasteiger partial charge on any atom is -0.385 e. The van der Waals surface area contributed by atoms with Gasteiger partial charge in [-0.25, -0.2) is 0 Å². The molecule has 1 saturated carbocycles. The average Bonchev–Trinajstić information content (AvgIpc) is 3.21. The number of hydrogen-bond acceptors (Lipinski definition) is 2. The van der Waals surface area contributed by atoms with E-state index in [1.807, 2.05) is 24.3 Å². The first kappa shape index (κ1) is 12.9. The molecule has 0 bridgehead atoms. The predicted molar refractivity (Wildman–Crippen MR) is 75.7 cm³/mol. The number of benzene rings is 1. The molecule has 1 fully saturated rings. The number of anilines is 2. The van der Waals surface area contributed by atoms with Gasteiger partial charge in [0.25, 0.3) is 0 Å². The van der Waals surface area contributed by atoms with E-state index in [9.17, 15) is 4.79 Å². The largest absolute Gasteiger partial charge is 0.385 e. The minimum absolute atomic E-state index is 0.162. The van der Waals surface area contributed by atoms with Crippen molar-refractivity contribution in [2.45, 2.75) is 33.1 Å². The highest BCUT2D eigenvalue weighted by atomic mass is 16.2. The first-order chi connectivity index (χ1) is 8.69. The van der Waals surface area contributed by atoms with Crippen molar-refractivity contribution in [3.05, 3.63) is 24.3 Å². The zero-order chi connectivity index (χ0) is 13.0. The highest BCUT2D eigenvalue weighted by molar-refractivity contribution is 5.94. The molecular weight excluding hydrogens is 224 g/mol. The Hall–Kier alpha value is -1.51. The highest BCUT2D eigenvalue weighted by Gasteiger charge is 2.29. The van der Waals surface area contributed by atoms with E-state index in [1.165, 1.54) is 6.42 Å². The molecule has 0 saturated heterocycles. The van der Waals surface area contributed by atoms with Crippen molar-refractivity contribution in [3.63, 3.8) is 0 Å². The summed E-state index contributed by atoms with van der Waals surface area (Å²) in [4.78, 5) is 11.6. The molecule has 1 atom stereocenters. The van der Waals surface area contributed by atoms with Crippen LogP contribution in [0.5, 0.6) is 0 Å². The fourth-order valence-electron chi connectivity index (χ4n) is 1.70. The Labute approximate surface area is 109 Å². The third kappa shape index (κ3) is 3.76. The lowest BCUT2D eigenvalue weighted by Crippen LogP contribution is -2.13. The first-order valence-electron chi connectivity index (χ1n) is 6.84. The van der Waals surface area contributed by atoms with Gasteiger partial charge in [-0.05, 0) is 43.0 Å². The fourth-order valence-corrected chi connectivity index (χ4v) is 1.70. The average molecular weight is 246 g/mol. The number of carbonyl (C=O) groups excluding carboxylic acids is 1. The van der Waals surface area contributed by atoms with Crippen molar-refractivity contribution < 1.29 is 4.79 Å². The summed E-state index contributed by atoms with van der Waals surface area (Å²) in [6.07, 6.45) is 3.27. The van der Waals surface area contributed by atoms with Crippen molar-refractivity contribution in [1.29, 1.82) is 0 Å². The van der Waals surface area contributed by atoms with E-state index in [0.717, 1.165) is 30.8 Å². The first-order valence-corrected chi connectivity index (χ1v) is 6.84. The van der Waals surface area contributed by atoms with E-state index in [0.29, 0.717) is 5.92 Å². The molecule has 0 heterocycles. The Kier molecular flexibility index (Phi) is 4.24. The second-order valence-corrected chi connectivity index (χ2v) is 5.24. The monoisotopic (exact) mass is 246 g/mol. The Bertz CT molecular complexity index is 395. The van der Waals surface area contributed by atoms with Gasteiger partial charge in [0, 0.05) is 23.8 Å². The maximum Gasteiger partial charge on any atom is 0.227 e. The van der Waals surface area contributed by atoms with Crippen LogP contribution in [0.25, 0.3) is 0 Å². The Morgan fingerprint density at radius 3 is 2.44 bits per heavy atom. The third-order valence-corrected chi connectivity index (χ3v) is 3.45. The van der Waals surface area contributed by atoms with Gasteiger partial charge in [0.15, 0.2) is 0 Å². The topological polar surface area (TPSA) is 41.1 Å². The molecule has 18 heavy (non-hydrogen) atoms. The van der Waals surface area contributed by atoms with Crippen LogP contribution in [0.4, 0.5) is 11.4 Å². The van der Waals surface area contributed by atoms with Crippen LogP contribution in [-0.2, 0) is 4.79 Å². The van der Waals surface area contributed by atoms with Crippen LogP contribution < -0.4 is 10.6 Å². The maximum absolute atomic E-state index is 11.6. The molecule has 98 valence electrons. The van der Waals surface area contributed by atoms with Crippen LogP contribution in [-0.4, -0.2) is 12.5 Å². The smallest absolute Gasteiger partial charge is 0.227 e. The summed E-state index contributed by atoms with van der Waals surface area (Å²) in [7, 11) is 0. The predicted octanol–water partition coefficient (Wildman–Crippen LogP) is 3.49. The van der Waals surface area contributed by atoms with Gasteiger partial charge in [0.05, 0.1) is 0 Å². The van der Waals surface area contributed by atoms with Crippen LogP contribution >= 0.6 is 0 Å². The lowest BCUT2D eigenvalue weighted by atomic mass is 10.1. The standard InChI is InChI=1S/C15H22N2O/c1-3-11(2)10-16-13-6-8-14(9-7-13)17-15(18)12-4-5-12/h6-9,11-12,16H,3-5,10H2,1-2H3,(H,17,18). The molecule has 2 rings (SSSR count). The summed E-state index contributed by atoms with van der Waals surface area (Å²) in [5, 5.41) is 6.34. The molecule has 0 aliphatic heterocycles. The van der Waals surface area contributed by atoms with E-state index in [4.69, 9.17) is 0 Å². The van der Waals surface area contributed by atoms with E-state index in [1.54, 1.807) is 0 Å². The molecule has 1 aliphatic rings. The lowest BCUT2D eigenvalue weighted by Gasteiger charge is -2.12. The van der Waals surface area contributed by atoms with Crippen LogP contribution in [0.15, 0.2) is 24.3 Å². The molecule has 0 radical (unpaired) electrons. The molecule has 0 spiro atoms. The summed E-state index contributed by atoms with van der Waals surface area (Å²) in [6, 6.07) is 7.95. The van der Waals surface area contributed by atoms with Gasteiger partial charge >= 0.3 is 0 Å². The molecule has 3 nitrogen and oxygen atoms in total. The number of rotatable bonds is 6. The molecule has 0 aromatic heterocycles. The van der Waals surface area contributed by atoms with Crippen molar-refractivity contribution >= 4 is 17.3 Å². The Morgan fingerprint density at radius 1 is 1.28 bits per heavy atom. The molecule has 2 N–H and O–H groups in total. The maximum atomic E-state index is 11.6. The summed E-state index contributed by atoms with van der Waals surface area (Å²) < 4.78 is 0. The van der Waals surface area contributed by atoms with Crippen LogP contribution in [0.1, 0.15) is 33.1 Å². The van der Waals surface area contributed by atoms with Gasteiger partial charge in [-0.2, -0.15) is 0 Å². The summed E-state index contributed by atoms with van der Waals surface area (Å²) in [5.41, 5.74) is 2.00. The Morgan fingerprint density at radius 2 is 1.89 bits per heavy atom. The van der Waals surface area contributed by atoms with Crippen molar-refractivity contribution in [2.75, 3.05) is 17.2 Å². The van der Waals surface area contributed by atoms with Crippen LogP contribution in [0.2, 0.25) is 0 Å². The molecule has 1 aromatic rings. The van der Waals surface area contributed by atoms with Gasteiger partial charge in [-0.1, -0.05) is 20.3 Å². The molecule has 1 amide bonds. The van der Waals surface area contributed by atoms with E-state index in [2.05, 4.69) is 24.5 Å². The molecular formula is C15H22N2O. The van der Waals surface area contributed by atoms with Gasteiger partial charge in [-0.15, -0.1) is 0 Å². The quantitative estimate of drug-likeness (QED) is 0.806.